The molecule has 0 fully saturated rings. The Bertz CT molecular complexity index is 1040. The summed E-state index contributed by atoms with van der Waals surface area (Å²) >= 11 is 4.12. The van der Waals surface area contributed by atoms with Gasteiger partial charge in [-0.25, -0.2) is 9.78 Å². The molecule has 0 aliphatic heterocycles. The van der Waals surface area contributed by atoms with E-state index in [2.05, 4.69) is 15.6 Å². The second-order valence-electron chi connectivity index (χ2n) is 5.94. The number of esters is 1. The molecule has 10 heteroatoms. The van der Waals surface area contributed by atoms with Gasteiger partial charge in [0.05, 0.1) is 29.2 Å². The Kier molecular flexibility index (Phi) is 6.78. The van der Waals surface area contributed by atoms with Crippen LogP contribution in [-0.2, 0) is 16.0 Å². The number of ether oxygens (including phenoxy) is 1. The van der Waals surface area contributed by atoms with Crippen LogP contribution in [0.15, 0.2) is 22.2 Å². The number of aromatic nitrogens is 1. The molecule has 3 heterocycles. The molecular formula is C19H19N3O4S3. The molecular weight excluding hydrogens is 430 g/mol. The second-order valence-corrected chi connectivity index (χ2v) is 8.60. The largest absolute Gasteiger partial charge is 0.462 e. The number of hydrogen-bond donors (Lipinski definition) is 2. The van der Waals surface area contributed by atoms with E-state index in [1.54, 1.807) is 25.2 Å². The van der Waals surface area contributed by atoms with Gasteiger partial charge in [-0.2, -0.15) is 11.3 Å². The van der Waals surface area contributed by atoms with E-state index >= 15 is 0 Å². The molecule has 7 nitrogen and oxygen atoms in total. The van der Waals surface area contributed by atoms with Crippen molar-refractivity contribution in [2.24, 2.45) is 0 Å². The Hall–Kier alpha value is -2.56. The molecule has 0 aliphatic rings. The van der Waals surface area contributed by atoms with Crippen LogP contribution in [0.5, 0.6) is 0 Å². The fourth-order valence-corrected chi connectivity index (χ4v) is 5.31. The lowest BCUT2D eigenvalue weighted by atomic mass is 10.1. The van der Waals surface area contributed by atoms with Gasteiger partial charge in [-0.15, -0.1) is 22.7 Å². The number of carbonyl (C=O) groups is 3. The summed E-state index contributed by atoms with van der Waals surface area (Å²) in [4.78, 5) is 41.9. The van der Waals surface area contributed by atoms with E-state index in [0.717, 1.165) is 21.9 Å². The van der Waals surface area contributed by atoms with E-state index in [0.29, 0.717) is 21.1 Å². The molecule has 0 unspecified atom stereocenters. The number of nitrogens with one attached hydrogen (secondary N) is 2. The van der Waals surface area contributed by atoms with E-state index in [4.69, 9.17) is 4.74 Å². The zero-order chi connectivity index (χ0) is 21.0. The zero-order valence-electron chi connectivity index (χ0n) is 16.0. The number of rotatable bonds is 7. The van der Waals surface area contributed by atoms with Crippen molar-refractivity contribution in [1.82, 2.24) is 10.3 Å². The third-order valence-electron chi connectivity index (χ3n) is 3.97. The highest BCUT2D eigenvalue weighted by molar-refractivity contribution is 7.18. The predicted octanol–water partition coefficient (Wildman–Crippen LogP) is 3.96. The number of nitrogens with zero attached hydrogens (tertiary/aromatic N) is 1. The minimum absolute atomic E-state index is 0.0646. The van der Waals surface area contributed by atoms with Crippen LogP contribution in [0.1, 0.15) is 38.2 Å². The van der Waals surface area contributed by atoms with Gasteiger partial charge in [0.1, 0.15) is 10.0 Å². The lowest BCUT2D eigenvalue weighted by molar-refractivity contribution is -0.115. The Morgan fingerprint density at radius 2 is 2.03 bits per heavy atom. The van der Waals surface area contributed by atoms with Crippen LogP contribution >= 0.6 is 34.0 Å². The number of carbonyl (C=O) groups excluding carboxylic acids is 3. The molecule has 0 spiro atoms. The second kappa shape index (κ2) is 9.29. The van der Waals surface area contributed by atoms with Gasteiger partial charge in [0.25, 0.3) is 5.91 Å². The van der Waals surface area contributed by atoms with Crippen LogP contribution < -0.4 is 10.6 Å². The molecule has 0 saturated carbocycles. The van der Waals surface area contributed by atoms with Crippen LogP contribution in [0.4, 0.5) is 5.00 Å². The third-order valence-corrected chi connectivity index (χ3v) is 6.80. The van der Waals surface area contributed by atoms with Crippen LogP contribution in [0.25, 0.3) is 10.6 Å². The standard InChI is InChI=1S/C19H19N3O4S3/c1-4-26-19(25)14-10(2)15(16(24)20-3)29-18(14)22-13(23)7-12-9-28-17(21-12)11-5-6-27-8-11/h5-6,8-9H,4,7H2,1-3H3,(H,20,24)(H,22,23). The first kappa shape index (κ1) is 21.2. The highest BCUT2D eigenvalue weighted by Gasteiger charge is 2.26. The maximum absolute atomic E-state index is 12.6. The molecule has 0 aromatic carbocycles. The number of anilines is 1. The van der Waals surface area contributed by atoms with Crippen LogP contribution in [0.2, 0.25) is 0 Å². The van der Waals surface area contributed by atoms with Crippen molar-refractivity contribution >= 4 is 56.8 Å². The summed E-state index contributed by atoms with van der Waals surface area (Å²) in [5, 5.41) is 12.3. The summed E-state index contributed by atoms with van der Waals surface area (Å²) in [6.45, 7) is 3.56. The van der Waals surface area contributed by atoms with Crippen molar-refractivity contribution in [2.75, 3.05) is 19.0 Å². The molecule has 0 aliphatic carbocycles. The molecule has 2 N–H and O–H groups in total. The smallest absolute Gasteiger partial charge is 0.341 e. The molecule has 152 valence electrons. The van der Waals surface area contributed by atoms with E-state index in [1.807, 2.05) is 22.2 Å². The van der Waals surface area contributed by atoms with Gasteiger partial charge in [-0.05, 0) is 30.9 Å². The average molecular weight is 450 g/mol. The summed E-state index contributed by atoms with van der Waals surface area (Å²) < 4.78 is 5.10. The fraction of sp³-hybridized carbons (Fsp3) is 0.263. The molecule has 0 radical (unpaired) electrons. The zero-order valence-corrected chi connectivity index (χ0v) is 18.5. The maximum Gasteiger partial charge on any atom is 0.341 e. The fourth-order valence-electron chi connectivity index (χ4n) is 2.62. The molecule has 29 heavy (non-hydrogen) atoms. The van der Waals surface area contributed by atoms with Crippen molar-refractivity contribution in [3.8, 4) is 10.6 Å². The van der Waals surface area contributed by atoms with Crippen molar-refractivity contribution in [2.45, 2.75) is 20.3 Å². The maximum atomic E-state index is 12.6. The quantitative estimate of drug-likeness (QED) is 0.532. The van der Waals surface area contributed by atoms with Gasteiger partial charge in [0, 0.05) is 23.4 Å². The number of hydrogen-bond acceptors (Lipinski definition) is 8. The predicted molar refractivity (Wildman–Crippen MR) is 116 cm³/mol. The van der Waals surface area contributed by atoms with Crippen molar-refractivity contribution < 1.29 is 19.1 Å². The summed E-state index contributed by atoms with van der Waals surface area (Å²) in [5.74, 6) is -1.21. The average Bonchev–Trinajstić information content (AvgIpc) is 3.41. The summed E-state index contributed by atoms with van der Waals surface area (Å²) in [6, 6.07) is 1.98. The van der Waals surface area contributed by atoms with Crippen molar-refractivity contribution in [3.63, 3.8) is 0 Å². The van der Waals surface area contributed by atoms with Crippen molar-refractivity contribution in [3.05, 3.63) is 43.9 Å². The van der Waals surface area contributed by atoms with Gasteiger partial charge >= 0.3 is 5.97 Å². The van der Waals surface area contributed by atoms with E-state index in [-0.39, 0.29) is 30.4 Å². The molecule has 3 rings (SSSR count). The van der Waals surface area contributed by atoms with Crippen LogP contribution in [0.3, 0.4) is 0 Å². The number of amides is 2. The molecule has 0 saturated heterocycles. The Morgan fingerprint density at radius 3 is 2.69 bits per heavy atom. The molecule has 0 bridgehead atoms. The highest BCUT2D eigenvalue weighted by atomic mass is 32.1. The van der Waals surface area contributed by atoms with E-state index in [1.165, 1.54) is 18.4 Å². The number of thiazole rings is 1. The number of thiophene rings is 2. The molecule has 0 atom stereocenters. The Balaban J connectivity index is 1.80. The van der Waals surface area contributed by atoms with Gasteiger partial charge in [-0.3, -0.25) is 9.59 Å². The van der Waals surface area contributed by atoms with Gasteiger partial charge in [0.2, 0.25) is 5.91 Å². The normalized spacial score (nSPS) is 10.6. The Labute approximate surface area is 179 Å². The van der Waals surface area contributed by atoms with Gasteiger partial charge in [-0.1, -0.05) is 0 Å². The van der Waals surface area contributed by atoms with E-state index in [9.17, 15) is 14.4 Å². The lowest BCUT2D eigenvalue weighted by Crippen LogP contribution is -2.18. The SMILES string of the molecule is CCOC(=O)c1c(NC(=O)Cc2csc(-c3ccsc3)n2)sc(C(=O)NC)c1C. The minimum atomic E-state index is -0.569. The minimum Gasteiger partial charge on any atom is -0.462 e. The van der Waals surface area contributed by atoms with Gasteiger partial charge in [0.15, 0.2) is 0 Å². The van der Waals surface area contributed by atoms with Crippen LogP contribution in [-0.4, -0.2) is 36.4 Å². The Morgan fingerprint density at radius 1 is 1.24 bits per heavy atom. The van der Waals surface area contributed by atoms with Gasteiger partial charge < -0.3 is 15.4 Å². The summed E-state index contributed by atoms with van der Waals surface area (Å²) in [5.41, 5.74) is 2.36. The first-order valence-corrected chi connectivity index (χ1v) is 11.4. The summed E-state index contributed by atoms with van der Waals surface area (Å²) in [7, 11) is 1.51. The summed E-state index contributed by atoms with van der Waals surface area (Å²) in [6.07, 6.45) is 0.0646. The lowest BCUT2D eigenvalue weighted by Gasteiger charge is -2.06. The third kappa shape index (κ3) is 4.72. The first-order chi connectivity index (χ1) is 13.9. The monoisotopic (exact) mass is 449 g/mol. The molecule has 3 aromatic heterocycles. The van der Waals surface area contributed by atoms with Crippen LogP contribution in [0, 0.1) is 6.92 Å². The first-order valence-electron chi connectivity index (χ1n) is 8.74. The molecule has 3 aromatic rings. The molecule has 2 amide bonds. The van der Waals surface area contributed by atoms with E-state index < -0.39 is 5.97 Å². The van der Waals surface area contributed by atoms with Crippen molar-refractivity contribution in [1.29, 1.82) is 0 Å². The highest BCUT2D eigenvalue weighted by Crippen LogP contribution is 2.34. The topological polar surface area (TPSA) is 97.4 Å².